The molecule has 0 spiro atoms. The van der Waals surface area contributed by atoms with Crippen molar-refractivity contribution in [2.45, 2.75) is 12.5 Å². The number of furan rings is 1. The highest BCUT2D eigenvalue weighted by Crippen LogP contribution is 2.27. The molecular formula is C11H14N2O2. The van der Waals surface area contributed by atoms with Crippen molar-refractivity contribution in [1.82, 2.24) is 4.90 Å². The first-order valence-electron chi connectivity index (χ1n) is 5.41. The van der Waals surface area contributed by atoms with Gasteiger partial charge in [-0.05, 0) is 12.5 Å². The number of fused-ring (bicyclic) bond motifs is 2. The molecule has 0 aromatic carbocycles. The quantitative estimate of drug-likeness (QED) is 0.676. The van der Waals surface area contributed by atoms with E-state index in [4.69, 9.17) is 4.42 Å². The van der Waals surface area contributed by atoms with Gasteiger partial charge in [0.25, 0.3) is 0 Å². The first-order chi connectivity index (χ1) is 7.36. The van der Waals surface area contributed by atoms with E-state index in [0.29, 0.717) is 11.8 Å². The molecule has 0 N–H and O–H groups in total. The van der Waals surface area contributed by atoms with Crippen molar-refractivity contribution in [2.75, 3.05) is 31.1 Å². The van der Waals surface area contributed by atoms with Crippen molar-refractivity contribution in [3.05, 3.63) is 17.9 Å². The minimum absolute atomic E-state index is 0.422. The lowest BCUT2D eigenvalue weighted by Crippen LogP contribution is -2.46. The van der Waals surface area contributed by atoms with Gasteiger partial charge in [-0.15, -0.1) is 0 Å². The Morgan fingerprint density at radius 2 is 2.27 bits per heavy atom. The second kappa shape index (κ2) is 3.38. The lowest BCUT2D eigenvalue weighted by Gasteiger charge is -2.34. The maximum absolute atomic E-state index is 10.5. The molecule has 15 heavy (non-hydrogen) atoms. The monoisotopic (exact) mass is 206 g/mol. The number of anilines is 1. The van der Waals surface area contributed by atoms with E-state index in [9.17, 15) is 4.79 Å². The van der Waals surface area contributed by atoms with Gasteiger partial charge in [-0.2, -0.15) is 0 Å². The number of carbonyl (C=O) groups excluding carboxylic acids is 1. The summed E-state index contributed by atoms with van der Waals surface area (Å²) in [4.78, 5) is 15.3. The molecule has 80 valence electrons. The summed E-state index contributed by atoms with van der Waals surface area (Å²) >= 11 is 0. The lowest BCUT2D eigenvalue weighted by molar-refractivity contribution is 0.110. The molecule has 0 radical (unpaired) electrons. The summed E-state index contributed by atoms with van der Waals surface area (Å²) in [5.74, 6) is 1.27. The van der Waals surface area contributed by atoms with Crippen LogP contribution in [-0.2, 0) is 0 Å². The molecule has 4 heteroatoms. The van der Waals surface area contributed by atoms with Gasteiger partial charge in [-0.3, -0.25) is 9.69 Å². The summed E-state index contributed by atoms with van der Waals surface area (Å²) in [6.07, 6.45) is 1.96. The minimum atomic E-state index is 0.422. The fourth-order valence-electron chi connectivity index (χ4n) is 2.55. The Kier molecular flexibility index (Phi) is 2.02. The smallest absolute Gasteiger partial charge is 0.196 e. The number of piperazine rings is 1. The number of carbonyl (C=O) groups is 1. The van der Waals surface area contributed by atoms with Crippen molar-refractivity contribution < 1.29 is 9.21 Å². The second-order valence-electron chi connectivity index (χ2n) is 4.23. The zero-order valence-electron chi connectivity index (χ0n) is 8.56. The van der Waals surface area contributed by atoms with E-state index in [1.165, 1.54) is 13.0 Å². The summed E-state index contributed by atoms with van der Waals surface area (Å²) in [7, 11) is 0. The molecule has 2 bridgehead atoms. The van der Waals surface area contributed by atoms with Gasteiger partial charge in [0.1, 0.15) is 0 Å². The van der Waals surface area contributed by atoms with Crippen LogP contribution in [0.4, 0.5) is 5.88 Å². The van der Waals surface area contributed by atoms with E-state index in [-0.39, 0.29) is 0 Å². The largest absolute Gasteiger partial charge is 0.438 e. The van der Waals surface area contributed by atoms with Gasteiger partial charge < -0.3 is 9.32 Å². The van der Waals surface area contributed by atoms with Gasteiger partial charge in [0.05, 0.1) is 0 Å². The molecule has 1 aromatic heterocycles. The summed E-state index contributed by atoms with van der Waals surface area (Å²) < 4.78 is 5.46. The number of rotatable bonds is 2. The van der Waals surface area contributed by atoms with E-state index in [0.717, 1.165) is 31.8 Å². The average Bonchev–Trinajstić information content (AvgIpc) is 2.87. The van der Waals surface area contributed by atoms with Crippen LogP contribution in [0.25, 0.3) is 0 Å². The Hall–Kier alpha value is -1.29. The molecule has 1 aromatic rings. The van der Waals surface area contributed by atoms with Crippen LogP contribution >= 0.6 is 0 Å². The van der Waals surface area contributed by atoms with Crippen LogP contribution in [0, 0.1) is 0 Å². The fourth-order valence-corrected chi connectivity index (χ4v) is 2.55. The van der Waals surface area contributed by atoms with E-state index in [2.05, 4.69) is 9.80 Å². The molecule has 2 saturated heterocycles. The number of nitrogens with zero attached hydrogens (tertiary/aromatic N) is 2. The van der Waals surface area contributed by atoms with Gasteiger partial charge in [0.15, 0.2) is 17.9 Å². The molecule has 2 fully saturated rings. The highest BCUT2D eigenvalue weighted by atomic mass is 16.4. The van der Waals surface area contributed by atoms with Crippen LogP contribution in [0.15, 0.2) is 16.5 Å². The lowest BCUT2D eigenvalue weighted by atomic mass is 10.2. The molecule has 2 atom stereocenters. The third-order valence-corrected chi connectivity index (χ3v) is 3.36. The molecule has 3 heterocycles. The predicted molar refractivity (Wildman–Crippen MR) is 56.3 cm³/mol. The van der Waals surface area contributed by atoms with Gasteiger partial charge in [0.2, 0.25) is 0 Å². The third kappa shape index (κ3) is 1.45. The Labute approximate surface area is 88.4 Å². The zero-order chi connectivity index (χ0) is 10.3. The van der Waals surface area contributed by atoms with Crippen molar-refractivity contribution in [1.29, 1.82) is 0 Å². The van der Waals surface area contributed by atoms with Gasteiger partial charge in [-0.25, -0.2) is 0 Å². The first kappa shape index (κ1) is 8.97. The van der Waals surface area contributed by atoms with E-state index >= 15 is 0 Å². The normalized spacial score (nSPS) is 29.5. The molecule has 2 unspecified atom stereocenters. The summed E-state index contributed by atoms with van der Waals surface area (Å²) in [6.45, 7) is 4.45. The van der Waals surface area contributed by atoms with Gasteiger partial charge in [0, 0.05) is 38.3 Å². The van der Waals surface area contributed by atoms with Gasteiger partial charge >= 0.3 is 0 Å². The van der Waals surface area contributed by atoms with Crippen LogP contribution < -0.4 is 4.90 Å². The average molecular weight is 206 g/mol. The molecule has 3 rings (SSSR count). The molecular weight excluding hydrogens is 192 g/mol. The topological polar surface area (TPSA) is 36.7 Å². The Balaban J connectivity index is 1.83. The van der Waals surface area contributed by atoms with Crippen molar-refractivity contribution in [3.63, 3.8) is 0 Å². The molecule has 0 saturated carbocycles. The molecule has 2 aliphatic rings. The Morgan fingerprint density at radius 1 is 1.33 bits per heavy atom. The maximum Gasteiger partial charge on any atom is 0.196 e. The SMILES string of the molecule is O=Cc1ccc(N2CCN3CCC2C3)o1. The highest BCUT2D eigenvalue weighted by Gasteiger charge is 2.33. The maximum atomic E-state index is 10.5. The van der Waals surface area contributed by atoms with E-state index in [1.54, 1.807) is 6.07 Å². The standard InChI is InChI=1S/C11H14N2O2/c14-8-10-1-2-11(15-10)13-6-5-12-4-3-9(13)7-12/h1-2,8-9H,3-7H2. The number of hydrogen-bond acceptors (Lipinski definition) is 4. The minimum Gasteiger partial charge on any atom is -0.438 e. The Bertz CT molecular complexity index is 374. The van der Waals surface area contributed by atoms with Crippen LogP contribution in [-0.4, -0.2) is 43.4 Å². The molecule has 0 amide bonds. The third-order valence-electron chi connectivity index (χ3n) is 3.36. The van der Waals surface area contributed by atoms with Crippen LogP contribution in [0.3, 0.4) is 0 Å². The number of hydrogen-bond donors (Lipinski definition) is 0. The molecule has 2 aliphatic heterocycles. The van der Waals surface area contributed by atoms with Crippen molar-refractivity contribution in [3.8, 4) is 0 Å². The zero-order valence-corrected chi connectivity index (χ0v) is 8.56. The summed E-state index contributed by atoms with van der Waals surface area (Å²) in [5, 5.41) is 0. The second-order valence-corrected chi connectivity index (χ2v) is 4.23. The summed E-state index contributed by atoms with van der Waals surface area (Å²) in [6, 6.07) is 4.21. The Morgan fingerprint density at radius 3 is 3.07 bits per heavy atom. The number of aldehydes is 1. The predicted octanol–water partition coefficient (Wildman–Crippen LogP) is 0.986. The van der Waals surface area contributed by atoms with Crippen molar-refractivity contribution >= 4 is 12.2 Å². The van der Waals surface area contributed by atoms with Crippen molar-refractivity contribution in [2.24, 2.45) is 0 Å². The molecule has 0 aliphatic carbocycles. The molecule has 4 nitrogen and oxygen atoms in total. The van der Waals surface area contributed by atoms with E-state index < -0.39 is 0 Å². The first-order valence-corrected chi connectivity index (χ1v) is 5.41. The summed E-state index contributed by atoms with van der Waals surface area (Å²) in [5.41, 5.74) is 0. The highest BCUT2D eigenvalue weighted by molar-refractivity contribution is 5.71. The van der Waals surface area contributed by atoms with Crippen LogP contribution in [0.2, 0.25) is 0 Å². The van der Waals surface area contributed by atoms with Crippen LogP contribution in [0.1, 0.15) is 17.0 Å². The van der Waals surface area contributed by atoms with E-state index in [1.807, 2.05) is 6.07 Å². The van der Waals surface area contributed by atoms with Gasteiger partial charge in [-0.1, -0.05) is 0 Å². The van der Waals surface area contributed by atoms with Crippen LogP contribution in [0.5, 0.6) is 0 Å². The fraction of sp³-hybridized carbons (Fsp3) is 0.545.